The molecule has 1 aromatic carbocycles. The number of amides is 1. The van der Waals surface area contributed by atoms with E-state index in [4.69, 9.17) is 0 Å². The Morgan fingerprint density at radius 2 is 2.09 bits per heavy atom. The molecule has 5 heteroatoms. The monoisotopic (exact) mass is 320 g/mol. The predicted octanol–water partition coefficient (Wildman–Crippen LogP) is 1.84. The molecule has 3 rings (SSSR count). The molecule has 2 fully saturated rings. The van der Waals surface area contributed by atoms with Gasteiger partial charge in [0.25, 0.3) is 0 Å². The van der Waals surface area contributed by atoms with Crippen molar-refractivity contribution in [3.63, 3.8) is 0 Å². The summed E-state index contributed by atoms with van der Waals surface area (Å²) in [5.41, 5.74) is 0.938. The third-order valence-corrected chi connectivity index (χ3v) is 5.01. The maximum atomic E-state index is 13.3. The molecule has 23 heavy (non-hydrogen) atoms. The smallest absolute Gasteiger partial charge is 0.226 e. The molecule has 1 amide bonds. The van der Waals surface area contributed by atoms with Gasteiger partial charge in [0, 0.05) is 38.6 Å². The Morgan fingerprint density at radius 3 is 2.74 bits per heavy atom. The number of rotatable bonds is 5. The van der Waals surface area contributed by atoms with Crippen LogP contribution in [0.4, 0.5) is 4.39 Å². The minimum Gasteiger partial charge on any atom is -0.392 e. The topological polar surface area (TPSA) is 43.8 Å². The Morgan fingerprint density at radius 1 is 1.35 bits per heavy atom. The molecule has 126 valence electrons. The number of benzene rings is 1. The molecule has 1 heterocycles. The van der Waals surface area contributed by atoms with Crippen molar-refractivity contribution in [1.82, 2.24) is 9.80 Å². The fourth-order valence-corrected chi connectivity index (χ4v) is 3.39. The Bertz CT molecular complexity index is 558. The van der Waals surface area contributed by atoms with Crippen molar-refractivity contribution in [2.24, 2.45) is 5.92 Å². The van der Waals surface area contributed by atoms with E-state index in [9.17, 15) is 14.3 Å². The fraction of sp³-hybridized carbons (Fsp3) is 0.611. The molecule has 1 saturated heterocycles. The molecule has 1 N–H and O–H groups in total. The van der Waals surface area contributed by atoms with Gasteiger partial charge in [-0.3, -0.25) is 9.69 Å². The number of aliphatic hydroxyl groups excluding tert-OH is 1. The minimum atomic E-state index is -0.280. The number of nitrogens with zero attached hydrogens (tertiary/aromatic N) is 2. The van der Waals surface area contributed by atoms with Gasteiger partial charge in [-0.15, -0.1) is 0 Å². The zero-order chi connectivity index (χ0) is 16.4. The maximum absolute atomic E-state index is 13.3. The first-order chi connectivity index (χ1) is 11.1. The maximum Gasteiger partial charge on any atom is 0.226 e. The molecular weight excluding hydrogens is 295 g/mol. The van der Waals surface area contributed by atoms with Gasteiger partial charge in [0.05, 0.1) is 6.10 Å². The highest BCUT2D eigenvalue weighted by atomic mass is 19.1. The molecule has 1 aliphatic heterocycles. The highest BCUT2D eigenvalue weighted by Gasteiger charge is 2.46. The molecule has 0 bridgehead atoms. The van der Waals surface area contributed by atoms with Crippen LogP contribution >= 0.6 is 0 Å². The summed E-state index contributed by atoms with van der Waals surface area (Å²) < 4.78 is 13.3. The summed E-state index contributed by atoms with van der Waals surface area (Å²) in [7, 11) is 0. The molecule has 0 aromatic heterocycles. The van der Waals surface area contributed by atoms with Gasteiger partial charge in [0.2, 0.25) is 5.91 Å². The number of carbonyl (C=O) groups is 1. The molecule has 4 nitrogen and oxygen atoms in total. The summed E-state index contributed by atoms with van der Waals surface area (Å²) in [6, 6.07) is 6.60. The summed E-state index contributed by atoms with van der Waals surface area (Å²) in [5.74, 6) is 0.168. The third-order valence-electron chi connectivity index (χ3n) is 5.01. The first-order valence-electron chi connectivity index (χ1n) is 8.53. The average molecular weight is 320 g/mol. The van der Waals surface area contributed by atoms with Crippen molar-refractivity contribution in [3.8, 4) is 0 Å². The summed E-state index contributed by atoms with van der Waals surface area (Å²) in [6.45, 7) is 5.75. The zero-order valence-corrected chi connectivity index (χ0v) is 13.6. The third kappa shape index (κ3) is 3.90. The normalized spacial score (nSPS) is 26.1. The summed E-state index contributed by atoms with van der Waals surface area (Å²) in [6.07, 6.45) is 1.31. The lowest BCUT2D eigenvalue weighted by Gasteiger charge is -2.35. The van der Waals surface area contributed by atoms with Crippen LogP contribution in [0.2, 0.25) is 0 Å². The quantitative estimate of drug-likeness (QED) is 0.900. The molecule has 1 saturated carbocycles. The van der Waals surface area contributed by atoms with Gasteiger partial charge in [-0.2, -0.15) is 0 Å². The van der Waals surface area contributed by atoms with Gasteiger partial charge >= 0.3 is 0 Å². The molecule has 3 atom stereocenters. The van der Waals surface area contributed by atoms with E-state index in [1.807, 2.05) is 17.9 Å². The van der Waals surface area contributed by atoms with Crippen LogP contribution in [0.25, 0.3) is 0 Å². The average Bonchev–Trinajstić information content (AvgIpc) is 3.35. The van der Waals surface area contributed by atoms with Crippen LogP contribution in [-0.2, 0) is 4.79 Å². The minimum absolute atomic E-state index is 0.0181. The molecule has 2 aliphatic rings. The van der Waals surface area contributed by atoms with Crippen molar-refractivity contribution >= 4 is 5.91 Å². The van der Waals surface area contributed by atoms with Gasteiger partial charge in [0.15, 0.2) is 0 Å². The number of hydrogen-bond donors (Lipinski definition) is 1. The van der Waals surface area contributed by atoms with Gasteiger partial charge in [-0.05, 0) is 36.5 Å². The number of halogens is 1. The largest absolute Gasteiger partial charge is 0.392 e. The predicted molar refractivity (Wildman–Crippen MR) is 86.6 cm³/mol. The molecule has 0 unspecified atom stereocenters. The van der Waals surface area contributed by atoms with Crippen LogP contribution < -0.4 is 0 Å². The Hall–Kier alpha value is -1.46. The van der Waals surface area contributed by atoms with Crippen molar-refractivity contribution < 1.29 is 14.3 Å². The van der Waals surface area contributed by atoms with E-state index in [0.717, 1.165) is 44.6 Å². The fourth-order valence-electron chi connectivity index (χ4n) is 3.39. The number of β-amino-alcohol motifs (C(OH)–C–C–N with tert-alkyl or cyclic N) is 1. The van der Waals surface area contributed by atoms with Crippen molar-refractivity contribution in [2.45, 2.75) is 31.8 Å². The molecular formula is C18H25FN2O2. The first kappa shape index (κ1) is 16.4. The molecule has 0 radical (unpaired) electrons. The van der Waals surface area contributed by atoms with Crippen molar-refractivity contribution in [2.75, 3.05) is 32.7 Å². The summed E-state index contributed by atoms with van der Waals surface area (Å²) in [5, 5.41) is 9.71. The van der Waals surface area contributed by atoms with Crippen LogP contribution in [0.15, 0.2) is 24.3 Å². The van der Waals surface area contributed by atoms with Gasteiger partial charge in [-0.25, -0.2) is 4.39 Å². The number of piperazine rings is 1. The summed E-state index contributed by atoms with van der Waals surface area (Å²) in [4.78, 5) is 16.7. The second kappa shape index (κ2) is 6.97. The van der Waals surface area contributed by atoms with E-state index in [-0.39, 0.29) is 29.7 Å². The SMILES string of the molecule is CC[C@H](O)CN1CCN(C(=O)[C@@H]2C[C@H]2c2cccc(F)c2)CC1. The lowest BCUT2D eigenvalue weighted by Crippen LogP contribution is -2.50. The summed E-state index contributed by atoms with van der Waals surface area (Å²) >= 11 is 0. The lowest BCUT2D eigenvalue weighted by molar-refractivity contribution is -0.134. The van der Waals surface area contributed by atoms with E-state index >= 15 is 0 Å². The number of hydrogen-bond acceptors (Lipinski definition) is 3. The van der Waals surface area contributed by atoms with Crippen LogP contribution in [0.5, 0.6) is 0 Å². The standard InChI is InChI=1S/C18H25FN2O2/c1-2-15(22)12-20-6-8-21(9-7-20)18(23)17-11-16(17)13-4-3-5-14(19)10-13/h3-5,10,15-17,22H,2,6-9,11-12H2,1H3/t15-,16-,17+/m0/s1. The highest BCUT2D eigenvalue weighted by Crippen LogP contribution is 2.48. The van der Waals surface area contributed by atoms with Crippen molar-refractivity contribution in [1.29, 1.82) is 0 Å². The highest BCUT2D eigenvalue weighted by molar-refractivity contribution is 5.83. The second-order valence-corrected chi connectivity index (χ2v) is 6.69. The van der Waals surface area contributed by atoms with Crippen LogP contribution in [0, 0.1) is 11.7 Å². The van der Waals surface area contributed by atoms with Gasteiger partial charge < -0.3 is 10.0 Å². The Kier molecular flexibility index (Phi) is 4.97. The van der Waals surface area contributed by atoms with Crippen LogP contribution in [0.1, 0.15) is 31.2 Å². The van der Waals surface area contributed by atoms with E-state index in [1.165, 1.54) is 6.07 Å². The van der Waals surface area contributed by atoms with Crippen LogP contribution in [-0.4, -0.2) is 59.6 Å². The Labute approximate surface area is 136 Å². The Balaban J connectivity index is 1.49. The molecule has 1 aliphatic carbocycles. The van der Waals surface area contributed by atoms with E-state index in [0.29, 0.717) is 6.54 Å². The first-order valence-corrected chi connectivity index (χ1v) is 8.53. The van der Waals surface area contributed by atoms with E-state index in [2.05, 4.69) is 4.90 Å². The molecule has 0 spiro atoms. The van der Waals surface area contributed by atoms with E-state index in [1.54, 1.807) is 12.1 Å². The number of aliphatic hydroxyl groups is 1. The number of carbonyl (C=O) groups excluding carboxylic acids is 1. The van der Waals surface area contributed by atoms with Crippen molar-refractivity contribution in [3.05, 3.63) is 35.6 Å². The zero-order valence-electron chi connectivity index (χ0n) is 13.6. The van der Waals surface area contributed by atoms with E-state index < -0.39 is 0 Å². The lowest BCUT2D eigenvalue weighted by atomic mass is 10.1. The second-order valence-electron chi connectivity index (χ2n) is 6.69. The van der Waals surface area contributed by atoms with Gasteiger partial charge in [-0.1, -0.05) is 19.1 Å². The van der Waals surface area contributed by atoms with Crippen LogP contribution in [0.3, 0.4) is 0 Å². The molecule has 1 aromatic rings. The van der Waals surface area contributed by atoms with Gasteiger partial charge in [0.1, 0.15) is 5.82 Å².